The summed E-state index contributed by atoms with van der Waals surface area (Å²) in [5, 5.41) is 7.91. The van der Waals surface area contributed by atoms with Gasteiger partial charge in [-0.25, -0.2) is 4.79 Å². The van der Waals surface area contributed by atoms with Gasteiger partial charge in [0.25, 0.3) is 5.89 Å². The Balaban J connectivity index is 1.44. The summed E-state index contributed by atoms with van der Waals surface area (Å²) in [4.78, 5) is 18.9. The molecule has 27 heavy (non-hydrogen) atoms. The SMILES string of the molecule is Cc1cc(C(=O)OCc2nc(-c3cccs3)no2)c(C)n1Cc1cccs1. The number of esters is 1. The van der Waals surface area contributed by atoms with Crippen molar-refractivity contribution in [2.45, 2.75) is 27.0 Å². The summed E-state index contributed by atoms with van der Waals surface area (Å²) in [5.41, 5.74) is 2.46. The van der Waals surface area contributed by atoms with Crippen molar-refractivity contribution in [2.75, 3.05) is 0 Å². The minimum atomic E-state index is -0.392. The maximum Gasteiger partial charge on any atom is 0.340 e. The van der Waals surface area contributed by atoms with Crippen LogP contribution in [0.3, 0.4) is 0 Å². The third-order valence-corrected chi connectivity index (χ3v) is 5.95. The second-order valence-electron chi connectivity index (χ2n) is 6.02. The molecule has 0 aliphatic carbocycles. The molecule has 0 atom stereocenters. The summed E-state index contributed by atoms with van der Waals surface area (Å²) in [7, 11) is 0. The first-order valence-electron chi connectivity index (χ1n) is 8.34. The van der Waals surface area contributed by atoms with E-state index in [1.165, 1.54) is 16.2 Å². The molecule has 0 N–H and O–H groups in total. The van der Waals surface area contributed by atoms with Crippen molar-refractivity contribution >= 4 is 28.6 Å². The third-order valence-electron chi connectivity index (χ3n) is 4.22. The van der Waals surface area contributed by atoms with Crippen LogP contribution in [0.4, 0.5) is 0 Å². The fraction of sp³-hybridized carbons (Fsp3) is 0.211. The second kappa shape index (κ2) is 7.50. The number of aryl methyl sites for hydroxylation is 1. The molecule has 0 unspecified atom stereocenters. The number of carbonyl (C=O) groups is 1. The highest BCUT2D eigenvalue weighted by molar-refractivity contribution is 7.13. The number of nitrogens with zero attached hydrogens (tertiary/aromatic N) is 3. The zero-order valence-electron chi connectivity index (χ0n) is 14.8. The van der Waals surface area contributed by atoms with Crippen molar-refractivity contribution in [1.82, 2.24) is 14.7 Å². The van der Waals surface area contributed by atoms with E-state index in [1.807, 2.05) is 48.9 Å². The molecule has 0 aromatic carbocycles. The predicted molar refractivity (Wildman–Crippen MR) is 104 cm³/mol. The van der Waals surface area contributed by atoms with E-state index in [0.29, 0.717) is 11.4 Å². The number of ether oxygens (including phenoxy) is 1. The van der Waals surface area contributed by atoms with Crippen molar-refractivity contribution in [2.24, 2.45) is 0 Å². The van der Waals surface area contributed by atoms with Crippen LogP contribution in [0.15, 0.2) is 45.6 Å². The third kappa shape index (κ3) is 3.72. The zero-order chi connectivity index (χ0) is 18.8. The van der Waals surface area contributed by atoms with Gasteiger partial charge in [-0.15, -0.1) is 22.7 Å². The van der Waals surface area contributed by atoms with Gasteiger partial charge in [-0.1, -0.05) is 17.3 Å². The Bertz CT molecular complexity index is 1050. The Hall–Kier alpha value is -2.71. The summed E-state index contributed by atoms with van der Waals surface area (Å²) in [6, 6.07) is 9.80. The maximum absolute atomic E-state index is 12.5. The number of rotatable bonds is 6. The van der Waals surface area contributed by atoms with Crippen molar-refractivity contribution in [3.63, 3.8) is 0 Å². The molecule has 0 radical (unpaired) electrons. The van der Waals surface area contributed by atoms with Gasteiger partial charge in [-0.3, -0.25) is 0 Å². The van der Waals surface area contributed by atoms with Crippen LogP contribution in [0.1, 0.15) is 32.5 Å². The molecule has 0 fully saturated rings. The predicted octanol–water partition coefficient (Wildman–Crippen LogP) is 4.68. The normalized spacial score (nSPS) is 11.0. The number of aromatic nitrogens is 3. The van der Waals surface area contributed by atoms with Crippen LogP contribution in [0, 0.1) is 13.8 Å². The lowest BCUT2D eigenvalue weighted by Crippen LogP contribution is -2.08. The van der Waals surface area contributed by atoms with Crippen LogP contribution in [0.25, 0.3) is 10.7 Å². The monoisotopic (exact) mass is 399 g/mol. The topological polar surface area (TPSA) is 70.2 Å². The molecule has 4 rings (SSSR count). The fourth-order valence-electron chi connectivity index (χ4n) is 2.83. The molecule has 4 heterocycles. The Labute approximate surface area is 164 Å². The minimum Gasteiger partial charge on any atom is -0.452 e. The van der Waals surface area contributed by atoms with E-state index in [9.17, 15) is 4.79 Å². The lowest BCUT2D eigenvalue weighted by molar-refractivity contribution is 0.0429. The van der Waals surface area contributed by atoms with E-state index < -0.39 is 5.97 Å². The van der Waals surface area contributed by atoms with E-state index in [4.69, 9.17) is 9.26 Å². The lowest BCUT2D eigenvalue weighted by Gasteiger charge is -2.08. The lowest BCUT2D eigenvalue weighted by atomic mass is 10.2. The summed E-state index contributed by atoms with van der Waals surface area (Å²) in [6.45, 7) is 4.61. The van der Waals surface area contributed by atoms with Crippen LogP contribution >= 0.6 is 22.7 Å². The standard InChI is InChI=1S/C19H17N3O3S2/c1-12-9-15(13(2)22(12)10-14-5-3-7-26-14)19(23)24-11-17-20-18(21-25-17)16-6-4-8-27-16/h3-9H,10-11H2,1-2H3. The molecular formula is C19H17N3O3S2. The molecule has 0 bridgehead atoms. The van der Waals surface area contributed by atoms with Gasteiger partial charge in [0.2, 0.25) is 5.82 Å². The Morgan fingerprint density at radius 2 is 2.04 bits per heavy atom. The van der Waals surface area contributed by atoms with Gasteiger partial charge >= 0.3 is 5.97 Å². The van der Waals surface area contributed by atoms with Gasteiger partial charge in [0.05, 0.1) is 17.0 Å². The zero-order valence-corrected chi connectivity index (χ0v) is 16.5. The number of hydrogen-bond donors (Lipinski definition) is 0. The number of hydrogen-bond acceptors (Lipinski definition) is 7. The Morgan fingerprint density at radius 1 is 1.22 bits per heavy atom. The Morgan fingerprint density at radius 3 is 2.78 bits per heavy atom. The van der Waals surface area contributed by atoms with Gasteiger partial charge in [-0.2, -0.15) is 4.98 Å². The fourth-order valence-corrected chi connectivity index (χ4v) is 4.18. The summed E-state index contributed by atoms with van der Waals surface area (Å²) in [6.07, 6.45) is 0. The molecule has 0 saturated carbocycles. The van der Waals surface area contributed by atoms with Crippen LogP contribution < -0.4 is 0 Å². The molecule has 0 spiro atoms. The average Bonchev–Trinajstić information content (AvgIpc) is 3.43. The van der Waals surface area contributed by atoms with Crippen LogP contribution in [0.2, 0.25) is 0 Å². The van der Waals surface area contributed by atoms with Crippen LogP contribution in [0.5, 0.6) is 0 Å². The molecule has 8 heteroatoms. The molecule has 138 valence electrons. The maximum atomic E-state index is 12.5. The highest BCUT2D eigenvalue weighted by Gasteiger charge is 2.19. The van der Waals surface area contributed by atoms with E-state index in [-0.39, 0.29) is 12.5 Å². The summed E-state index contributed by atoms with van der Waals surface area (Å²) < 4.78 is 12.7. The van der Waals surface area contributed by atoms with E-state index in [2.05, 4.69) is 20.8 Å². The number of carbonyl (C=O) groups excluding carboxylic acids is 1. The van der Waals surface area contributed by atoms with Crippen molar-refractivity contribution in [1.29, 1.82) is 0 Å². The highest BCUT2D eigenvalue weighted by atomic mass is 32.1. The van der Waals surface area contributed by atoms with Crippen molar-refractivity contribution < 1.29 is 14.1 Å². The van der Waals surface area contributed by atoms with Gasteiger partial charge in [0.1, 0.15) is 0 Å². The number of thiophene rings is 2. The second-order valence-corrected chi connectivity index (χ2v) is 8.00. The molecule has 4 aromatic heterocycles. The Kier molecular flexibility index (Phi) is 4.91. The largest absolute Gasteiger partial charge is 0.452 e. The average molecular weight is 399 g/mol. The van der Waals surface area contributed by atoms with Crippen LogP contribution in [-0.2, 0) is 17.9 Å². The highest BCUT2D eigenvalue weighted by Crippen LogP contribution is 2.22. The molecule has 0 amide bonds. The van der Waals surface area contributed by atoms with Crippen molar-refractivity contribution in [3.8, 4) is 10.7 Å². The van der Waals surface area contributed by atoms with E-state index >= 15 is 0 Å². The molecule has 6 nitrogen and oxygen atoms in total. The first-order chi connectivity index (χ1) is 13.1. The van der Waals surface area contributed by atoms with Gasteiger partial charge in [0.15, 0.2) is 6.61 Å². The van der Waals surface area contributed by atoms with Crippen molar-refractivity contribution in [3.05, 3.63) is 68.8 Å². The molecule has 0 aliphatic heterocycles. The molecular weight excluding hydrogens is 382 g/mol. The smallest absolute Gasteiger partial charge is 0.340 e. The molecule has 4 aromatic rings. The summed E-state index contributed by atoms with van der Waals surface area (Å²) in [5.74, 6) is 0.390. The first kappa shape index (κ1) is 17.7. The van der Waals surface area contributed by atoms with E-state index in [0.717, 1.165) is 22.8 Å². The first-order valence-corrected chi connectivity index (χ1v) is 10.1. The molecule has 0 aliphatic rings. The van der Waals surface area contributed by atoms with Gasteiger partial charge in [-0.05, 0) is 42.8 Å². The minimum absolute atomic E-state index is 0.0498. The van der Waals surface area contributed by atoms with Gasteiger partial charge in [0, 0.05) is 16.3 Å². The van der Waals surface area contributed by atoms with E-state index in [1.54, 1.807) is 11.3 Å². The molecule has 0 saturated heterocycles. The van der Waals surface area contributed by atoms with Gasteiger partial charge < -0.3 is 13.8 Å². The quantitative estimate of drug-likeness (QED) is 0.440. The summed E-state index contributed by atoms with van der Waals surface area (Å²) >= 11 is 3.22. The van der Waals surface area contributed by atoms with Crippen LogP contribution in [-0.4, -0.2) is 20.7 Å².